The lowest BCUT2D eigenvalue weighted by Gasteiger charge is -2.14. The monoisotopic (exact) mass is 518 g/mol. The van der Waals surface area contributed by atoms with Crippen LogP contribution in [0.15, 0.2) is 53.7 Å². The first-order valence-electron chi connectivity index (χ1n) is 14.6. The van der Waals surface area contributed by atoms with Crippen molar-refractivity contribution in [3.63, 3.8) is 0 Å². The maximum absolute atomic E-state index is 6.60. The van der Waals surface area contributed by atoms with E-state index in [1.54, 1.807) is 0 Å². The number of nitrogen functional groups attached to an aromatic ring is 1. The topological polar surface area (TPSA) is 91.1 Å². The van der Waals surface area contributed by atoms with Crippen molar-refractivity contribution in [3.05, 3.63) is 65.6 Å². The highest BCUT2D eigenvalue weighted by molar-refractivity contribution is 6.01. The smallest absolute Gasteiger partial charge is 0.123 e. The molecule has 4 atom stereocenters. The Balaban J connectivity index is 1.19. The standard InChI is InChI=1S/C33H38N6/c1-19-6-10-23(37-19)17-35-29-15-9-22-16-21(8-11-25(22)32(29)34)24-12-13-28(27-5-3-4-26(24)27)31-18-36-33(39-31)30-14-7-20(2)38-30/h8-9,11-13,15-20,23,30,37-38H,3-7,10,14,34H2,1-2H3,(H,36,39)/t19-,20-,23-,30-/m0/s1. The molecule has 4 aromatic rings. The van der Waals surface area contributed by atoms with Crippen molar-refractivity contribution in [2.24, 2.45) is 4.99 Å². The number of H-pyrrole nitrogens is 1. The number of aromatic amines is 1. The van der Waals surface area contributed by atoms with Crippen LogP contribution >= 0.6 is 0 Å². The summed E-state index contributed by atoms with van der Waals surface area (Å²) in [6.45, 7) is 4.47. The molecule has 6 nitrogen and oxygen atoms in total. The molecule has 5 N–H and O–H groups in total. The fraction of sp³-hybridized carbons (Fsp3) is 0.394. The van der Waals surface area contributed by atoms with Crippen molar-refractivity contribution in [1.82, 2.24) is 20.6 Å². The number of rotatable bonds is 5. The van der Waals surface area contributed by atoms with E-state index >= 15 is 0 Å². The maximum Gasteiger partial charge on any atom is 0.123 e. The van der Waals surface area contributed by atoms with Crippen molar-refractivity contribution < 1.29 is 0 Å². The molecular weight excluding hydrogens is 480 g/mol. The van der Waals surface area contributed by atoms with Crippen LogP contribution in [0, 0.1) is 0 Å². The third-order valence-electron chi connectivity index (χ3n) is 9.03. The Hall–Kier alpha value is -3.48. The van der Waals surface area contributed by atoms with Crippen molar-refractivity contribution in [3.8, 4) is 22.4 Å². The first kappa shape index (κ1) is 24.6. The number of hydrogen-bond acceptors (Lipinski definition) is 5. The molecule has 2 aliphatic heterocycles. The average Bonchev–Trinajstić information content (AvgIpc) is 3.75. The van der Waals surface area contributed by atoms with Gasteiger partial charge in [0.2, 0.25) is 0 Å². The SMILES string of the molecule is C[C@H]1CC[C@@H](C=Nc2ccc3cc(-c4ccc(-c5cnc([C@@H]6CC[C@H](C)N6)[nH]5)c5c4CCC5)ccc3c2N)N1. The lowest BCUT2D eigenvalue weighted by molar-refractivity contribution is 0.564. The van der Waals surface area contributed by atoms with Gasteiger partial charge >= 0.3 is 0 Å². The van der Waals surface area contributed by atoms with Gasteiger partial charge in [-0.05, 0) is 98.6 Å². The Morgan fingerprint density at radius 1 is 0.897 bits per heavy atom. The lowest BCUT2D eigenvalue weighted by Crippen LogP contribution is -2.27. The van der Waals surface area contributed by atoms with E-state index in [1.165, 1.54) is 47.1 Å². The zero-order valence-electron chi connectivity index (χ0n) is 22.9. The summed E-state index contributed by atoms with van der Waals surface area (Å²) in [5.74, 6) is 1.06. The molecule has 0 unspecified atom stereocenters. The molecule has 0 radical (unpaired) electrons. The van der Waals surface area contributed by atoms with Crippen LogP contribution < -0.4 is 16.4 Å². The van der Waals surface area contributed by atoms with Gasteiger partial charge in [-0.25, -0.2) is 4.98 Å². The van der Waals surface area contributed by atoms with Crippen LogP contribution in [0.4, 0.5) is 11.4 Å². The number of nitrogens with one attached hydrogen (secondary N) is 3. The van der Waals surface area contributed by atoms with Gasteiger partial charge in [-0.15, -0.1) is 0 Å². The summed E-state index contributed by atoms with van der Waals surface area (Å²) >= 11 is 0. The Kier molecular flexibility index (Phi) is 6.25. The molecule has 0 saturated carbocycles. The summed E-state index contributed by atoms with van der Waals surface area (Å²) in [5, 5.41) is 9.43. The highest BCUT2D eigenvalue weighted by atomic mass is 15.1. The van der Waals surface area contributed by atoms with Crippen LogP contribution in [0.2, 0.25) is 0 Å². The summed E-state index contributed by atoms with van der Waals surface area (Å²) in [7, 11) is 0. The summed E-state index contributed by atoms with van der Waals surface area (Å²) in [5.41, 5.74) is 16.2. The van der Waals surface area contributed by atoms with E-state index in [2.05, 4.69) is 71.9 Å². The van der Waals surface area contributed by atoms with Gasteiger partial charge in [0, 0.05) is 35.3 Å². The molecule has 0 bridgehead atoms. The second kappa shape index (κ2) is 9.92. The van der Waals surface area contributed by atoms with E-state index in [-0.39, 0.29) is 0 Å². The minimum atomic E-state index is 0.332. The second-order valence-corrected chi connectivity index (χ2v) is 11.8. The molecule has 3 aromatic carbocycles. The van der Waals surface area contributed by atoms with Gasteiger partial charge in [0.1, 0.15) is 5.82 Å². The molecule has 6 heteroatoms. The van der Waals surface area contributed by atoms with Crippen LogP contribution in [0.3, 0.4) is 0 Å². The van der Waals surface area contributed by atoms with Gasteiger partial charge in [-0.1, -0.05) is 30.3 Å². The molecule has 7 rings (SSSR count). The predicted octanol–water partition coefficient (Wildman–Crippen LogP) is 6.62. The number of fused-ring (bicyclic) bond motifs is 2. The summed E-state index contributed by atoms with van der Waals surface area (Å²) in [6.07, 6.45) is 12.1. The first-order chi connectivity index (χ1) is 19.0. The number of nitrogens with zero attached hydrogens (tertiary/aromatic N) is 2. The van der Waals surface area contributed by atoms with E-state index in [9.17, 15) is 0 Å². The molecule has 3 aliphatic rings. The van der Waals surface area contributed by atoms with Crippen LogP contribution in [0.5, 0.6) is 0 Å². The van der Waals surface area contributed by atoms with Gasteiger partial charge in [0.25, 0.3) is 0 Å². The molecule has 0 spiro atoms. The molecule has 0 amide bonds. The Morgan fingerprint density at radius 2 is 1.69 bits per heavy atom. The van der Waals surface area contributed by atoms with Crippen molar-refractivity contribution >= 4 is 28.4 Å². The molecule has 3 heterocycles. The van der Waals surface area contributed by atoms with E-state index in [0.717, 1.165) is 59.3 Å². The number of hydrogen-bond donors (Lipinski definition) is 4. The first-order valence-corrected chi connectivity index (χ1v) is 14.6. The van der Waals surface area contributed by atoms with Gasteiger partial charge in [-0.2, -0.15) is 0 Å². The maximum atomic E-state index is 6.60. The zero-order valence-corrected chi connectivity index (χ0v) is 22.9. The number of aromatic nitrogens is 2. The third-order valence-corrected chi connectivity index (χ3v) is 9.03. The fourth-order valence-corrected chi connectivity index (χ4v) is 6.89. The minimum Gasteiger partial charge on any atom is -0.396 e. The minimum absolute atomic E-state index is 0.332. The van der Waals surface area contributed by atoms with Crippen molar-refractivity contribution in [2.45, 2.75) is 83.0 Å². The molecule has 1 aromatic heterocycles. The molecule has 2 fully saturated rings. The summed E-state index contributed by atoms with van der Waals surface area (Å²) in [4.78, 5) is 13.1. The molecular formula is C33H38N6. The summed E-state index contributed by atoms with van der Waals surface area (Å²) < 4.78 is 0. The van der Waals surface area contributed by atoms with Crippen LogP contribution in [0.1, 0.15) is 68.9 Å². The third kappa shape index (κ3) is 4.56. The average molecular weight is 519 g/mol. The van der Waals surface area contributed by atoms with Gasteiger partial charge < -0.3 is 21.4 Å². The van der Waals surface area contributed by atoms with Crippen molar-refractivity contribution in [2.75, 3.05) is 5.73 Å². The molecule has 1 aliphatic carbocycles. The van der Waals surface area contributed by atoms with E-state index in [1.807, 2.05) is 12.4 Å². The van der Waals surface area contributed by atoms with Crippen LogP contribution in [-0.2, 0) is 12.8 Å². The largest absolute Gasteiger partial charge is 0.396 e. The Bertz CT molecular complexity index is 1570. The number of imidazole rings is 1. The Labute approximate surface area is 230 Å². The number of aliphatic imine (C=N–C) groups is 1. The highest BCUT2D eigenvalue weighted by Crippen LogP contribution is 2.40. The summed E-state index contributed by atoms with van der Waals surface area (Å²) in [6, 6.07) is 17.3. The van der Waals surface area contributed by atoms with Crippen LogP contribution in [-0.4, -0.2) is 34.3 Å². The van der Waals surface area contributed by atoms with Gasteiger partial charge in [0.15, 0.2) is 0 Å². The van der Waals surface area contributed by atoms with E-state index in [4.69, 9.17) is 15.7 Å². The number of anilines is 1. The van der Waals surface area contributed by atoms with Gasteiger partial charge in [0.05, 0.1) is 29.3 Å². The molecule has 2 saturated heterocycles. The quantitative estimate of drug-likeness (QED) is 0.176. The zero-order chi connectivity index (χ0) is 26.5. The highest BCUT2D eigenvalue weighted by Gasteiger charge is 2.26. The Morgan fingerprint density at radius 3 is 2.49 bits per heavy atom. The van der Waals surface area contributed by atoms with E-state index < -0.39 is 0 Å². The predicted molar refractivity (Wildman–Crippen MR) is 162 cm³/mol. The van der Waals surface area contributed by atoms with Gasteiger partial charge in [-0.3, -0.25) is 4.99 Å². The van der Waals surface area contributed by atoms with Crippen molar-refractivity contribution in [1.29, 1.82) is 0 Å². The molecule has 200 valence electrons. The van der Waals surface area contributed by atoms with E-state index in [0.29, 0.717) is 24.2 Å². The lowest BCUT2D eigenvalue weighted by atomic mass is 9.91. The second-order valence-electron chi connectivity index (χ2n) is 11.8. The number of nitrogens with two attached hydrogens (primary N) is 1. The fourth-order valence-electron chi connectivity index (χ4n) is 6.89. The van der Waals surface area contributed by atoms with Crippen LogP contribution in [0.25, 0.3) is 33.2 Å². The molecule has 39 heavy (non-hydrogen) atoms. The number of benzene rings is 3. The normalized spacial score (nSPS) is 24.8.